The summed E-state index contributed by atoms with van der Waals surface area (Å²) in [4.78, 5) is 30.6. The van der Waals surface area contributed by atoms with E-state index in [4.69, 9.17) is 14.7 Å². The average Bonchev–Trinajstić information content (AvgIpc) is 2.79. The van der Waals surface area contributed by atoms with Gasteiger partial charge in [-0.3, -0.25) is 9.78 Å². The first kappa shape index (κ1) is 20.7. The number of ether oxygens (including phenoxy) is 2. The Morgan fingerprint density at radius 2 is 2.10 bits per heavy atom. The van der Waals surface area contributed by atoms with Gasteiger partial charge in [-0.25, -0.2) is 4.79 Å². The molecule has 2 aromatic rings. The largest absolute Gasteiger partial charge is 0.487 e. The second-order valence-corrected chi connectivity index (χ2v) is 7.81. The van der Waals surface area contributed by atoms with Gasteiger partial charge in [0.2, 0.25) is 0 Å². The van der Waals surface area contributed by atoms with Gasteiger partial charge in [0.05, 0.1) is 23.8 Å². The van der Waals surface area contributed by atoms with E-state index in [1.807, 2.05) is 30.3 Å². The van der Waals surface area contributed by atoms with Crippen molar-refractivity contribution in [1.29, 1.82) is 5.26 Å². The van der Waals surface area contributed by atoms with E-state index >= 15 is 0 Å². The minimum Gasteiger partial charge on any atom is -0.487 e. The average molecular weight is 420 g/mol. The van der Waals surface area contributed by atoms with E-state index in [9.17, 15) is 9.59 Å². The maximum atomic E-state index is 12.9. The van der Waals surface area contributed by atoms with Crippen LogP contribution in [0, 0.1) is 11.3 Å². The molecule has 2 aliphatic heterocycles. The molecule has 2 aliphatic rings. The van der Waals surface area contributed by atoms with Crippen LogP contribution in [-0.4, -0.2) is 47.2 Å². The maximum Gasteiger partial charge on any atom is 0.409 e. The Bertz CT molecular complexity index is 1020. The third kappa shape index (κ3) is 4.31. The molecule has 31 heavy (non-hydrogen) atoms. The van der Waals surface area contributed by atoms with Crippen LogP contribution in [0.15, 0.2) is 42.7 Å². The molecule has 1 N–H and O–H groups in total. The normalized spacial score (nSPS) is 19.0. The number of para-hydroxylation sites is 1. The molecule has 0 radical (unpaired) electrons. The van der Waals surface area contributed by atoms with Crippen LogP contribution in [0.5, 0.6) is 5.75 Å². The highest BCUT2D eigenvalue weighted by Crippen LogP contribution is 2.44. The molecule has 1 aromatic heterocycles. The van der Waals surface area contributed by atoms with E-state index in [-0.39, 0.29) is 18.0 Å². The summed E-state index contributed by atoms with van der Waals surface area (Å²) in [6.45, 7) is 3.21. The Kier molecular flexibility index (Phi) is 5.76. The molecule has 1 spiro atoms. The van der Waals surface area contributed by atoms with Gasteiger partial charge in [-0.2, -0.15) is 5.26 Å². The molecule has 0 aliphatic carbocycles. The summed E-state index contributed by atoms with van der Waals surface area (Å²) in [5.41, 5.74) is 1.12. The number of pyridine rings is 1. The Labute approximate surface area is 180 Å². The lowest BCUT2D eigenvalue weighted by molar-refractivity contribution is -0.0233. The highest BCUT2D eigenvalue weighted by molar-refractivity contribution is 5.94. The van der Waals surface area contributed by atoms with Crippen LogP contribution in [0.2, 0.25) is 0 Å². The molecule has 160 valence electrons. The minimum absolute atomic E-state index is 0.252. The smallest absolute Gasteiger partial charge is 0.409 e. The molecule has 1 unspecified atom stereocenters. The summed E-state index contributed by atoms with van der Waals surface area (Å²) in [5.74, 6) is 0.456. The topological polar surface area (TPSA) is 105 Å². The lowest BCUT2D eigenvalue weighted by Gasteiger charge is -2.46. The number of hydrogen-bond acceptors (Lipinski definition) is 6. The molecule has 0 saturated carbocycles. The number of rotatable bonds is 3. The van der Waals surface area contributed by atoms with Crippen LogP contribution in [0.1, 0.15) is 53.7 Å². The fourth-order valence-corrected chi connectivity index (χ4v) is 4.23. The summed E-state index contributed by atoms with van der Waals surface area (Å²) in [6.07, 6.45) is 4.47. The van der Waals surface area contributed by atoms with Crippen molar-refractivity contribution in [2.24, 2.45) is 0 Å². The number of nitriles is 1. The molecule has 1 aromatic carbocycles. The first-order valence-corrected chi connectivity index (χ1v) is 10.4. The zero-order valence-electron chi connectivity index (χ0n) is 17.3. The number of likely N-dealkylation sites (tertiary alicyclic amines) is 1. The zero-order chi connectivity index (χ0) is 21.8. The van der Waals surface area contributed by atoms with Crippen molar-refractivity contribution in [1.82, 2.24) is 15.2 Å². The van der Waals surface area contributed by atoms with E-state index < -0.39 is 5.60 Å². The molecule has 3 heterocycles. The van der Waals surface area contributed by atoms with Crippen molar-refractivity contribution in [3.05, 3.63) is 59.4 Å². The predicted molar refractivity (Wildman–Crippen MR) is 111 cm³/mol. The lowest BCUT2D eigenvalue weighted by atomic mass is 9.80. The van der Waals surface area contributed by atoms with Crippen molar-refractivity contribution in [2.75, 3.05) is 19.7 Å². The van der Waals surface area contributed by atoms with E-state index in [1.54, 1.807) is 11.8 Å². The lowest BCUT2D eigenvalue weighted by Crippen LogP contribution is -2.53. The molecule has 4 rings (SSSR count). The third-order valence-corrected chi connectivity index (χ3v) is 5.83. The van der Waals surface area contributed by atoms with Crippen molar-refractivity contribution in [3.63, 3.8) is 0 Å². The van der Waals surface area contributed by atoms with E-state index in [0.717, 1.165) is 11.3 Å². The van der Waals surface area contributed by atoms with Crippen LogP contribution in [0.4, 0.5) is 4.79 Å². The fraction of sp³-hybridized carbons (Fsp3) is 0.391. The fourth-order valence-electron chi connectivity index (χ4n) is 4.23. The standard InChI is InChI=1S/C23H24N4O4/c1-2-30-22(29)27-9-7-23(8-10-27)12-19(18-5-3-4-6-20(18)31-23)26-21(28)17-11-16(13-24)14-25-15-17/h3-6,11,14-15,19H,2,7-10,12H2,1H3,(H,26,28). The van der Waals surface area contributed by atoms with Crippen LogP contribution in [-0.2, 0) is 4.74 Å². The number of nitrogens with zero attached hydrogens (tertiary/aromatic N) is 3. The molecule has 0 bridgehead atoms. The van der Waals surface area contributed by atoms with Crippen molar-refractivity contribution in [3.8, 4) is 11.8 Å². The van der Waals surface area contributed by atoms with Gasteiger partial charge in [-0.15, -0.1) is 0 Å². The van der Waals surface area contributed by atoms with Gasteiger partial charge in [-0.05, 0) is 19.1 Å². The molecule has 8 nitrogen and oxygen atoms in total. The quantitative estimate of drug-likeness (QED) is 0.818. The number of piperidine rings is 1. The van der Waals surface area contributed by atoms with Crippen LogP contribution >= 0.6 is 0 Å². The summed E-state index contributed by atoms with van der Waals surface area (Å²) < 4.78 is 11.5. The second-order valence-electron chi connectivity index (χ2n) is 7.81. The molecule has 1 saturated heterocycles. The first-order chi connectivity index (χ1) is 15.0. The van der Waals surface area contributed by atoms with Crippen molar-refractivity contribution < 1.29 is 19.1 Å². The number of hydrogen-bond donors (Lipinski definition) is 1. The number of carbonyl (C=O) groups is 2. The van der Waals surface area contributed by atoms with Gasteiger partial charge in [0.1, 0.15) is 17.4 Å². The van der Waals surface area contributed by atoms with Gasteiger partial charge in [0, 0.05) is 50.3 Å². The highest BCUT2D eigenvalue weighted by atomic mass is 16.6. The Balaban J connectivity index is 1.53. The number of fused-ring (bicyclic) bond motifs is 1. The van der Waals surface area contributed by atoms with Gasteiger partial charge in [0.25, 0.3) is 5.91 Å². The SMILES string of the molecule is CCOC(=O)N1CCC2(CC1)CC(NC(=O)c1cncc(C#N)c1)c1ccccc1O2. The molecular weight excluding hydrogens is 396 g/mol. The van der Waals surface area contributed by atoms with Gasteiger partial charge in [0.15, 0.2) is 0 Å². The Morgan fingerprint density at radius 3 is 2.84 bits per heavy atom. The van der Waals surface area contributed by atoms with Crippen molar-refractivity contribution in [2.45, 2.75) is 37.8 Å². The van der Waals surface area contributed by atoms with Crippen LogP contribution in [0.25, 0.3) is 0 Å². The van der Waals surface area contributed by atoms with E-state index in [2.05, 4.69) is 10.3 Å². The highest BCUT2D eigenvalue weighted by Gasteiger charge is 2.44. The van der Waals surface area contributed by atoms with Gasteiger partial charge >= 0.3 is 6.09 Å². The predicted octanol–water partition coefficient (Wildman–Crippen LogP) is 3.20. The minimum atomic E-state index is -0.470. The summed E-state index contributed by atoms with van der Waals surface area (Å²) in [6, 6.07) is 11.0. The summed E-state index contributed by atoms with van der Waals surface area (Å²) in [5, 5.41) is 12.2. The maximum absolute atomic E-state index is 12.9. The van der Waals surface area contributed by atoms with E-state index in [1.165, 1.54) is 18.5 Å². The summed E-state index contributed by atoms with van der Waals surface area (Å²) >= 11 is 0. The zero-order valence-corrected chi connectivity index (χ0v) is 17.3. The first-order valence-electron chi connectivity index (χ1n) is 10.4. The number of carbonyl (C=O) groups excluding carboxylic acids is 2. The number of nitrogens with one attached hydrogen (secondary N) is 1. The molecular formula is C23H24N4O4. The number of benzene rings is 1. The van der Waals surface area contributed by atoms with Gasteiger partial charge in [-0.1, -0.05) is 18.2 Å². The monoisotopic (exact) mass is 420 g/mol. The molecule has 8 heteroatoms. The number of aromatic nitrogens is 1. The Morgan fingerprint density at radius 1 is 1.32 bits per heavy atom. The van der Waals surface area contributed by atoms with Crippen LogP contribution in [0.3, 0.4) is 0 Å². The Hall–Kier alpha value is -3.60. The summed E-state index contributed by atoms with van der Waals surface area (Å²) in [7, 11) is 0. The van der Waals surface area contributed by atoms with E-state index in [0.29, 0.717) is 50.1 Å². The molecule has 2 amide bonds. The number of amides is 2. The molecule has 1 fully saturated rings. The second kappa shape index (κ2) is 8.64. The van der Waals surface area contributed by atoms with Crippen molar-refractivity contribution >= 4 is 12.0 Å². The third-order valence-electron chi connectivity index (χ3n) is 5.83. The molecule has 1 atom stereocenters. The van der Waals surface area contributed by atoms with Crippen LogP contribution < -0.4 is 10.1 Å². The van der Waals surface area contributed by atoms with Gasteiger partial charge < -0.3 is 19.7 Å².